The number of halogens is 4. The summed E-state index contributed by atoms with van der Waals surface area (Å²) in [6.45, 7) is 3.02. The summed E-state index contributed by atoms with van der Waals surface area (Å²) in [5.41, 5.74) is 1.57. The molecular weight excluding hydrogens is 327 g/mol. The van der Waals surface area contributed by atoms with Gasteiger partial charge in [-0.1, -0.05) is 17.2 Å². The molecule has 1 saturated heterocycles. The van der Waals surface area contributed by atoms with Gasteiger partial charge in [0.15, 0.2) is 0 Å². The maximum Gasteiger partial charge on any atom is 0.274 e. The number of alkyl halides is 2. The van der Waals surface area contributed by atoms with Crippen molar-refractivity contribution in [3.8, 4) is 0 Å². The maximum atomic E-state index is 13.7. The van der Waals surface area contributed by atoms with Gasteiger partial charge in [0.05, 0.1) is 10.7 Å². The number of hydrogen-bond acceptors (Lipinski definition) is 3. The first-order valence-corrected chi connectivity index (χ1v) is 7.80. The lowest BCUT2D eigenvalue weighted by molar-refractivity contribution is -0.0654. The van der Waals surface area contributed by atoms with Crippen LogP contribution in [0.1, 0.15) is 18.9 Å². The van der Waals surface area contributed by atoms with Crippen LogP contribution in [0.25, 0.3) is 0 Å². The van der Waals surface area contributed by atoms with Crippen LogP contribution in [0.5, 0.6) is 0 Å². The van der Waals surface area contributed by atoms with E-state index < -0.39 is 23.3 Å². The van der Waals surface area contributed by atoms with Gasteiger partial charge in [-0.3, -0.25) is 5.01 Å². The predicted molar refractivity (Wildman–Crippen MR) is 82.5 cm³/mol. The molecule has 3 nitrogen and oxygen atoms in total. The average molecular weight is 342 g/mol. The second-order valence-corrected chi connectivity index (χ2v) is 6.90. The van der Waals surface area contributed by atoms with E-state index in [1.807, 2.05) is 13.0 Å². The number of allylic oxidation sites excluding steroid dienone is 1. The van der Waals surface area contributed by atoms with Crippen LogP contribution in [0.4, 0.5) is 13.2 Å². The molecule has 2 aliphatic heterocycles. The fourth-order valence-electron chi connectivity index (χ4n) is 3.58. The lowest BCUT2D eigenvalue weighted by Crippen LogP contribution is -2.51. The van der Waals surface area contributed by atoms with E-state index in [2.05, 4.69) is 10.4 Å². The van der Waals surface area contributed by atoms with Gasteiger partial charge >= 0.3 is 0 Å². The Labute approximate surface area is 136 Å². The van der Waals surface area contributed by atoms with Crippen LogP contribution in [0.2, 0.25) is 5.02 Å². The second-order valence-electron chi connectivity index (χ2n) is 6.50. The smallest absolute Gasteiger partial charge is 0.274 e. The number of fused-ring (bicyclic) bond motifs is 1. The van der Waals surface area contributed by atoms with Gasteiger partial charge in [0.2, 0.25) is 0 Å². The number of nitrogens with zero attached hydrogens (tertiary/aromatic N) is 2. The summed E-state index contributed by atoms with van der Waals surface area (Å²) >= 11 is 5.84. The number of benzene rings is 1. The van der Waals surface area contributed by atoms with Crippen molar-refractivity contribution in [2.75, 3.05) is 13.1 Å². The molecule has 2 unspecified atom stereocenters. The fraction of sp³-hybridized carbons (Fsp3) is 0.438. The molecule has 1 N–H and O–H groups in total. The van der Waals surface area contributed by atoms with Crippen LogP contribution in [-0.2, 0) is 0 Å². The summed E-state index contributed by atoms with van der Waals surface area (Å²) in [6, 6.07) is 3.45. The van der Waals surface area contributed by atoms with Crippen LogP contribution in [0.3, 0.4) is 0 Å². The first-order valence-electron chi connectivity index (χ1n) is 7.43. The van der Waals surface area contributed by atoms with Crippen molar-refractivity contribution in [2.45, 2.75) is 30.8 Å². The van der Waals surface area contributed by atoms with E-state index in [4.69, 9.17) is 11.6 Å². The number of rotatable bonds is 1. The van der Waals surface area contributed by atoms with E-state index in [0.29, 0.717) is 24.4 Å². The Kier molecular flexibility index (Phi) is 3.09. The van der Waals surface area contributed by atoms with Gasteiger partial charge in [0.25, 0.3) is 5.92 Å². The third kappa shape index (κ3) is 2.19. The quantitative estimate of drug-likeness (QED) is 0.794. The van der Waals surface area contributed by atoms with Gasteiger partial charge in [0, 0.05) is 25.1 Å². The molecule has 1 aromatic rings. The molecule has 0 aromatic heterocycles. The third-order valence-corrected chi connectivity index (χ3v) is 5.02. The first kappa shape index (κ1) is 15.0. The zero-order valence-electron chi connectivity index (χ0n) is 12.4. The topological polar surface area (TPSA) is 27.4 Å². The zero-order valence-corrected chi connectivity index (χ0v) is 13.2. The van der Waals surface area contributed by atoms with E-state index in [1.54, 1.807) is 6.07 Å². The van der Waals surface area contributed by atoms with Crippen molar-refractivity contribution < 1.29 is 13.2 Å². The van der Waals surface area contributed by atoms with Crippen molar-refractivity contribution in [1.29, 1.82) is 0 Å². The normalized spacial score (nSPS) is 36.0. The van der Waals surface area contributed by atoms with E-state index in [-0.39, 0.29) is 11.4 Å². The van der Waals surface area contributed by atoms with Crippen LogP contribution < -0.4 is 5.32 Å². The molecule has 1 saturated carbocycles. The first-order chi connectivity index (χ1) is 10.8. The van der Waals surface area contributed by atoms with Crippen molar-refractivity contribution in [3.63, 3.8) is 0 Å². The second kappa shape index (κ2) is 4.74. The number of hydrazone groups is 1. The largest absolute Gasteiger partial charge is 0.311 e. The van der Waals surface area contributed by atoms with Gasteiger partial charge in [-0.25, -0.2) is 13.2 Å². The highest BCUT2D eigenvalue weighted by atomic mass is 35.5. The summed E-state index contributed by atoms with van der Waals surface area (Å²) in [7, 11) is 0. The minimum absolute atomic E-state index is 0.0111. The summed E-state index contributed by atoms with van der Waals surface area (Å²) < 4.78 is 40.8. The minimum atomic E-state index is -2.70. The molecule has 0 radical (unpaired) electrons. The average Bonchev–Trinajstić information content (AvgIpc) is 2.99. The molecule has 23 heavy (non-hydrogen) atoms. The van der Waals surface area contributed by atoms with Gasteiger partial charge in [-0.05, 0) is 31.2 Å². The predicted octanol–water partition coefficient (Wildman–Crippen LogP) is 3.19. The molecule has 4 rings (SSSR count). The lowest BCUT2D eigenvalue weighted by atomic mass is 9.81. The highest BCUT2D eigenvalue weighted by Crippen LogP contribution is 2.64. The summed E-state index contributed by atoms with van der Waals surface area (Å²) in [4.78, 5) is 0. The molecule has 1 aromatic carbocycles. The Morgan fingerprint density at radius 1 is 1.39 bits per heavy atom. The van der Waals surface area contributed by atoms with E-state index in [1.165, 1.54) is 17.1 Å². The lowest BCUT2D eigenvalue weighted by Gasteiger charge is -2.29. The molecule has 2 fully saturated rings. The molecule has 122 valence electrons. The highest BCUT2D eigenvalue weighted by molar-refractivity contribution is 6.31. The van der Waals surface area contributed by atoms with E-state index in [9.17, 15) is 13.2 Å². The Morgan fingerprint density at radius 3 is 2.87 bits per heavy atom. The minimum Gasteiger partial charge on any atom is -0.311 e. The van der Waals surface area contributed by atoms with Gasteiger partial charge < -0.3 is 5.32 Å². The fourth-order valence-corrected chi connectivity index (χ4v) is 3.76. The standard InChI is InChI=1S/C16H15ClF3N3/c1-9-4-13(10-2-3-12(18)11(17)5-10)22-23-14-15(23,8-21-6-9)7-16(14,19)20/h2-5,14,21H,6-8H2,1H3/b9-4+,22-13+. The van der Waals surface area contributed by atoms with Gasteiger partial charge in [-0.2, -0.15) is 5.10 Å². The molecular formula is C16H15ClF3N3. The SMILES string of the molecule is C/C1=C\C(c2ccc(F)c(Cl)c2)=N/N2C3C(F)(F)CC32CNC1. The molecule has 0 amide bonds. The molecule has 0 bridgehead atoms. The molecule has 2 heterocycles. The van der Waals surface area contributed by atoms with Crippen molar-refractivity contribution in [3.05, 3.63) is 46.3 Å². The van der Waals surface area contributed by atoms with Crippen molar-refractivity contribution >= 4 is 17.3 Å². The van der Waals surface area contributed by atoms with Crippen LogP contribution in [0, 0.1) is 5.82 Å². The molecule has 1 aliphatic carbocycles. The third-order valence-electron chi connectivity index (χ3n) is 4.73. The van der Waals surface area contributed by atoms with Crippen LogP contribution >= 0.6 is 11.6 Å². The summed E-state index contributed by atoms with van der Waals surface area (Å²) in [6.07, 6.45) is 1.64. The maximum absolute atomic E-state index is 13.7. The van der Waals surface area contributed by atoms with E-state index >= 15 is 0 Å². The van der Waals surface area contributed by atoms with Gasteiger partial charge in [-0.15, -0.1) is 0 Å². The Morgan fingerprint density at radius 2 is 2.17 bits per heavy atom. The number of hydrogen-bond donors (Lipinski definition) is 1. The van der Waals surface area contributed by atoms with Crippen LogP contribution in [0.15, 0.2) is 34.9 Å². The van der Waals surface area contributed by atoms with Crippen molar-refractivity contribution in [2.24, 2.45) is 5.10 Å². The van der Waals surface area contributed by atoms with E-state index in [0.717, 1.165) is 5.57 Å². The molecule has 1 spiro atoms. The Hall–Kier alpha value is -1.53. The Balaban J connectivity index is 1.76. The Bertz CT molecular complexity index is 746. The molecule has 3 aliphatic rings. The summed E-state index contributed by atoms with van der Waals surface area (Å²) in [5.74, 6) is -3.22. The number of nitrogens with one attached hydrogen (secondary N) is 1. The summed E-state index contributed by atoms with van der Waals surface area (Å²) in [5, 5.41) is 9.14. The molecule has 7 heteroatoms. The van der Waals surface area contributed by atoms with Crippen LogP contribution in [-0.4, -0.2) is 41.3 Å². The molecule has 2 atom stereocenters. The zero-order chi connectivity index (χ0) is 16.4. The highest BCUT2D eigenvalue weighted by Gasteiger charge is 2.84. The van der Waals surface area contributed by atoms with Gasteiger partial charge in [0.1, 0.15) is 17.4 Å². The monoisotopic (exact) mass is 341 g/mol. The van der Waals surface area contributed by atoms with Crippen molar-refractivity contribution in [1.82, 2.24) is 10.3 Å².